The number of methoxy groups -OCH3 is 2. The van der Waals surface area contributed by atoms with Gasteiger partial charge in [-0.25, -0.2) is 0 Å². The minimum absolute atomic E-state index is 0.317. The Labute approximate surface area is 148 Å². The zero-order valence-electron chi connectivity index (χ0n) is 15.0. The Morgan fingerprint density at radius 3 is 2.44 bits per heavy atom. The van der Waals surface area contributed by atoms with Crippen molar-refractivity contribution in [2.75, 3.05) is 14.2 Å². The summed E-state index contributed by atoms with van der Waals surface area (Å²) in [6.07, 6.45) is 8.40. The Kier molecular flexibility index (Phi) is 4.15. The molecule has 0 unspecified atom stereocenters. The average molecular weight is 337 g/mol. The molecule has 2 heterocycles. The first-order chi connectivity index (χ1) is 12.2. The van der Waals surface area contributed by atoms with Gasteiger partial charge in [0.05, 0.1) is 37.9 Å². The molecule has 1 aromatic carbocycles. The van der Waals surface area contributed by atoms with E-state index < -0.39 is 0 Å². The van der Waals surface area contributed by atoms with Crippen molar-refractivity contribution in [1.29, 1.82) is 0 Å². The molecule has 5 heteroatoms. The fraction of sp³-hybridized carbons (Fsp3) is 0.450. The van der Waals surface area contributed by atoms with Gasteiger partial charge >= 0.3 is 0 Å². The molecule has 0 spiro atoms. The molecule has 2 aliphatic rings. The number of fused-ring (bicyclic) bond motifs is 3. The third kappa shape index (κ3) is 2.77. The zero-order valence-corrected chi connectivity index (χ0v) is 15.0. The minimum atomic E-state index is 0.317. The number of ether oxygens (including phenoxy) is 2. The molecule has 130 valence electrons. The Morgan fingerprint density at radius 2 is 1.72 bits per heavy atom. The highest BCUT2D eigenvalue weighted by atomic mass is 16.5. The Balaban J connectivity index is 1.90. The molecule has 0 amide bonds. The van der Waals surface area contributed by atoms with Crippen molar-refractivity contribution in [2.45, 2.75) is 44.6 Å². The highest BCUT2D eigenvalue weighted by molar-refractivity contribution is 6.13. The SMILES string of the molecule is COc1cc2c(cc1OC)[C@@H]1CCCC[C@@H]1N=C2c1cnc(C)cn1. The first kappa shape index (κ1) is 16.1. The van der Waals surface area contributed by atoms with Crippen LogP contribution in [0.5, 0.6) is 11.5 Å². The lowest BCUT2D eigenvalue weighted by molar-refractivity contribution is 0.349. The van der Waals surface area contributed by atoms with Gasteiger partial charge in [-0.2, -0.15) is 0 Å². The van der Waals surface area contributed by atoms with Gasteiger partial charge in [0.1, 0.15) is 5.69 Å². The smallest absolute Gasteiger partial charge is 0.161 e. The third-order valence-corrected chi connectivity index (χ3v) is 5.26. The number of rotatable bonds is 3. The molecule has 1 aliphatic heterocycles. The van der Waals surface area contributed by atoms with E-state index in [2.05, 4.69) is 16.0 Å². The van der Waals surface area contributed by atoms with Crippen molar-refractivity contribution < 1.29 is 9.47 Å². The summed E-state index contributed by atoms with van der Waals surface area (Å²) >= 11 is 0. The molecule has 1 saturated carbocycles. The molecule has 1 fully saturated rings. The molecule has 1 aliphatic carbocycles. The van der Waals surface area contributed by atoms with E-state index in [1.165, 1.54) is 24.8 Å². The van der Waals surface area contributed by atoms with Gasteiger partial charge in [0, 0.05) is 17.7 Å². The average Bonchev–Trinajstić information content (AvgIpc) is 2.67. The van der Waals surface area contributed by atoms with E-state index in [1.54, 1.807) is 20.4 Å². The van der Waals surface area contributed by atoms with Crippen LogP contribution in [0.4, 0.5) is 0 Å². The maximum Gasteiger partial charge on any atom is 0.161 e. The van der Waals surface area contributed by atoms with Crippen molar-refractivity contribution in [2.24, 2.45) is 4.99 Å². The summed E-state index contributed by atoms with van der Waals surface area (Å²) in [6.45, 7) is 1.94. The van der Waals surface area contributed by atoms with Gasteiger partial charge in [-0.05, 0) is 37.5 Å². The zero-order chi connectivity index (χ0) is 17.4. The number of nitrogens with zero attached hydrogens (tertiary/aromatic N) is 3. The number of hydrogen-bond acceptors (Lipinski definition) is 5. The van der Waals surface area contributed by atoms with Crippen molar-refractivity contribution in [3.63, 3.8) is 0 Å². The first-order valence-electron chi connectivity index (χ1n) is 8.84. The monoisotopic (exact) mass is 337 g/mol. The van der Waals surface area contributed by atoms with E-state index in [1.807, 2.05) is 19.2 Å². The van der Waals surface area contributed by atoms with Crippen molar-refractivity contribution in [3.8, 4) is 11.5 Å². The van der Waals surface area contributed by atoms with Gasteiger partial charge in [-0.1, -0.05) is 12.8 Å². The molecular weight excluding hydrogens is 314 g/mol. The predicted molar refractivity (Wildman–Crippen MR) is 97.0 cm³/mol. The summed E-state index contributed by atoms with van der Waals surface area (Å²) in [7, 11) is 3.35. The van der Waals surface area contributed by atoms with E-state index in [0.717, 1.165) is 40.6 Å². The molecule has 25 heavy (non-hydrogen) atoms. The molecule has 4 rings (SSSR count). The predicted octanol–water partition coefficient (Wildman–Crippen LogP) is 3.68. The minimum Gasteiger partial charge on any atom is -0.493 e. The lowest BCUT2D eigenvalue weighted by Gasteiger charge is -2.35. The topological polar surface area (TPSA) is 56.6 Å². The van der Waals surface area contributed by atoms with Crippen molar-refractivity contribution in [3.05, 3.63) is 47.0 Å². The fourth-order valence-electron chi connectivity index (χ4n) is 3.99. The van der Waals surface area contributed by atoms with Crippen LogP contribution in [0.3, 0.4) is 0 Å². The summed E-state index contributed by atoms with van der Waals surface area (Å²) < 4.78 is 11.1. The van der Waals surface area contributed by atoms with Gasteiger partial charge < -0.3 is 9.47 Å². The van der Waals surface area contributed by atoms with Crippen LogP contribution in [0.25, 0.3) is 0 Å². The van der Waals surface area contributed by atoms with Crippen LogP contribution in [0.1, 0.15) is 54.1 Å². The summed E-state index contributed by atoms with van der Waals surface area (Å²) in [6, 6.07) is 4.49. The van der Waals surface area contributed by atoms with Crippen molar-refractivity contribution >= 4 is 5.71 Å². The van der Waals surface area contributed by atoms with Gasteiger partial charge in [0.25, 0.3) is 0 Å². The molecule has 5 nitrogen and oxygen atoms in total. The van der Waals surface area contributed by atoms with Crippen LogP contribution in [-0.4, -0.2) is 35.9 Å². The summed E-state index contributed by atoms with van der Waals surface area (Å²) in [5.74, 6) is 1.95. The second kappa shape index (κ2) is 6.47. The highest BCUT2D eigenvalue weighted by Crippen LogP contribution is 2.44. The van der Waals surface area contributed by atoms with E-state index in [4.69, 9.17) is 14.5 Å². The molecule has 0 radical (unpaired) electrons. The lowest BCUT2D eigenvalue weighted by atomic mass is 9.75. The third-order valence-electron chi connectivity index (χ3n) is 5.26. The summed E-state index contributed by atoms with van der Waals surface area (Å²) in [5.41, 5.74) is 5.05. The molecule has 2 atom stereocenters. The number of aromatic nitrogens is 2. The van der Waals surface area contributed by atoms with Gasteiger partial charge in [-0.3, -0.25) is 15.0 Å². The lowest BCUT2D eigenvalue weighted by Crippen LogP contribution is -2.30. The van der Waals surface area contributed by atoms with Crippen LogP contribution in [0.15, 0.2) is 29.5 Å². The number of benzene rings is 1. The highest BCUT2D eigenvalue weighted by Gasteiger charge is 2.35. The molecule has 1 aromatic heterocycles. The maximum atomic E-state index is 5.55. The maximum absolute atomic E-state index is 5.55. The molecule has 0 N–H and O–H groups in total. The van der Waals surface area contributed by atoms with Crippen LogP contribution in [0, 0.1) is 6.92 Å². The van der Waals surface area contributed by atoms with Crippen LogP contribution in [-0.2, 0) is 0 Å². The first-order valence-corrected chi connectivity index (χ1v) is 8.84. The summed E-state index contributed by atoms with van der Waals surface area (Å²) in [4.78, 5) is 14.1. The van der Waals surface area contributed by atoms with E-state index in [9.17, 15) is 0 Å². The number of aryl methyl sites for hydroxylation is 1. The standard InChI is InChI=1S/C20H23N3O2/c1-12-10-22-17(11-21-12)20-15-9-19(25-3)18(24-2)8-14(15)13-6-4-5-7-16(13)23-20/h8-11,13,16H,4-7H2,1-3H3/t13-,16-/m0/s1. The van der Waals surface area contributed by atoms with Crippen LogP contribution >= 0.6 is 0 Å². The van der Waals surface area contributed by atoms with E-state index >= 15 is 0 Å². The number of aliphatic imine (C=N–C) groups is 1. The van der Waals surface area contributed by atoms with Crippen molar-refractivity contribution in [1.82, 2.24) is 9.97 Å². The molecule has 0 saturated heterocycles. The second-order valence-electron chi connectivity index (χ2n) is 6.77. The Bertz CT molecular complexity index is 814. The quantitative estimate of drug-likeness (QED) is 0.857. The van der Waals surface area contributed by atoms with E-state index in [-0.39, 0.29) is 0 Å². The Morgan fingerprint density at radius 1 is 0.960 bits per heavy atom. The molecule has 0 bridgehead atoms. The van der Waals surface area contributed by atoms with Gasteiger partial charge in [0.2, 0.25) is 0 Å². The number of hydrogen-bond donors (Lipinski definition) is 0. The van der Waals surface area contributed by atoms with E-state index in [0.29, 0.717) is 12.0 Å². The molecule has 2 aromatic rings. The summed E-state index contributed by atoms with van der Waals surface area (Å²) in [5, 5.41) is 0. The largest absolute Gasteiger partial charge is 0.493 e. The fourth-order valence-corrected chi connectivity index (χ4v) is 3.99. The second-order valence-corrected chi connectivity index (χ2v) is 6.77. The molecular formula is C20H23N3O2. The van der Waals surface area contributed by atoms with Gasteiger partial charge in [-0.15, -0.1) is 0 Å². The van der Waals surface area contributed by atoms with Crippen LogP contribution in [0.2, 0.25) is 0 Å². The van der Waals surface area contributed by atoms with Crippen LogP contribution < -0.4 is 9.47 Å². The Hall–Kier alpha value is -2.43. The normalized spacial score (nSPS) is 21.8. The van der Waals surface area contributed by atoms with Gasteiger partial charge in [0.15, 0.2) is 11.5 Å².